The smallest absolute Gasteiger partial charge is 0.419 e. The predicted octanol–water partition coefficient (Wildman–Crippen LogP) is 6.31. The molecule has 3 aromatic rings. The summed E-state index contributed by atoms with van der Waals surface area (Å²) in [7, 11) is 0. The van der Waals surface area contributed by atoms with Crippen molar-refractivity contribution in [2.24, 2.45) is 0 Å². The number of hydrogen-bond donors (Lipinski definition) is 1. The molecule has 1 aliphatic rings. The molecule has 0 bridgehead atoms. The molecular weight excluding hydrogens is 441 g/mol. The Morgan fingerprint density at radius 2 is 1.72 bits per heavy atom. The van der Waals surface area contributed by atoms with Crippen LogP contribution in [0.5, 0.6) is 0 Å². The molecule has 0 aliphatic heterocycles. The third-order valence-corrected chi connectivity index (χ3v) is 5.49. The van der Waals surface area contributed by atoms with Gasteiger partial charge in [0.25, 0.3) is 0 Å². The minimum Gasteiger partial charge on any atom is -0.449 e. The number of benzene rings is 2. The fourth-order valence-corrected chi connectivity index (χ4v) is 3.95. The summed E-state index contributed by atoms with van der Waals surface area (Å²) in [6, 6.07) is 16.9. The van der Waals surface area contributed by atoms with Crippen LogP contribution in [0.15, 0.2) is 66.9 Å². The van der Waals surface area contributed by atoms with E-state index in [0.717, 1.165) is 28.3 Å². The number of alkyl halides is 3. The van der Waals surface area contributed by atoms with E-state index in [4.69, 9.17) is 16.3 Å². The van der Waals surface area contributed by atoms with E-state index in [1.807, 2.05) is 36.4 Å². The van der Waals surface area contributed by atoms with E-state index in [0.29, 0.717) is 0 Å². The van der Waals surface area contributed by atoms with Crippen LogP contribution >= 0.6 is 11.6 Å². The van der Waals surface area contributed by atoms with Crippen LogP contribution in [0.25, 0.3) is 17.2 Å². The number of nitrogens with zero attached hydrogens (tertiary/aromatic N) is 1. The highest BCUT2D eigenvalue weighted by molar-refractivity contribution is 6.30. The van der Waals surface area contributed by atoms with E-state index >= 15 is 0 Å². The Kier molecular flexibility index (Phi) is 6.19. The highest BCUT2D eigenvalue weighted by Gasteiger charge is 2.34. The second kappa shape index (κ2) is 9.04. The van der Waals surface area contributed by atoms with Crippen molar-refractivity contribution in [3.05, 3.63) is 94.3 Å². The topological polar surface area (TPSA) is 51.2 Å². The number of carbonyl (C=O) groups excluding carboxylic acids is 1. The Morgan fingerprint density at radius 1 is 1.09 bits per heavy atom. The third-order valence-electron chi connectivity index (χ3n) is 5.18. The lowest BCUT2D eigenvalue weighted by molar-refractivity contribution is -0.137. The number of nitrogens with one attached hydrogen (secondary N) is 1. The van der Waals surface area contributed by atoms with Crippen molar-refractivity contribution >= 4 is 23.8 Å². The molecule has 0 unspecified atom stereocenters. The maximum Gasteiger partial charge on any atom is 0.419 e. The van der Waals surface area contributed by atoms with Gasteiger partial charge < -0.3 is 10.1 Å². The summed E-state index contributed by atoms with van der Waals surface area (Å²) in [6.45, 7) is 0.264. The fraction of sp³-hybridized carbons (Fsp3) is 0.167. The molecule has 0 spiro atoms. The molecule has 0 radical (unpaired) electrons. The molecule has 8 heteroatoms. The molecular formula is C24H18ClF3N2O2. The molecule has 4 nitrogen and oxygen atoms in total. The van der Waals surface area contributed by atoms with Gasteiger partial charge in [0.2, 0.25) is 0 Å². The zero-order chi connectivity index (χ0) is 22.7. The number of rotatable bonds is 5. The standard InChI is InChI=1S/C24H18ClF3N2O2/c25-22-21(24(26,27)28)12-15(13-30-22)6-5-11-29-23(31)32-14-20-18-9-3-1-7-16(18)17-8-2-4-10-19(17)20/h1-10,12-13,20H,11,14H2,(H,29,31). The van der Waals surface area contributed by atoms with E-state index < -0.39 is 23.0 Å². The van der Waals surface area contributed by atoms with Crippen LogP contribution in [-0.4, -0.2) is 24.2 Å². The number of carbonyl (C=O) groups is 1. The van der Waals surface area contributed by atoms with E-state index in [1.54, 1.807) is 0 Å². The summed E-state index contributed by atoms with van der Waals surface area (Å²) < 4.78 is 44.1. The van der Waals surface area contributed by atoms with Crippen LogP contribution < -0.4 is 5.32 Å². The lowest BCUT2D eigenvalue weighted by Gasteiger charge is -2.14. The number of hydrogen-bond acceptors (Lipinski definition) is 3. The van der Waals surface area contributed by atoms with E-state index in [2.05, 4.69) is 22.4 Å². The van der Waals surface area contributed by atoms with Gasteiger partial charge in [-0.3, -0.25) is 0 Å². The van der Waals surface area contributed by atoms with Crippen molar-refractivity contribution < 1.29 is 22.7 Å². The summed E-state index contributed by atoms with van der Waals surface area (Å²) >= 11 is 5.51. The van der Waals surface area contributed by atoms with Gasteiger partial charge in [-0.1, -0.05) is 72.3 Å². The molecule has 2 aromatic carbocycles. The van der Waals surface area contributed by atoms with E-state index in [9.17, 15) is 18.0 Å². The number of pyridine rings is 1. The number of ether oxygens (including phenoxy) is 1. The van der Waals surface area contributed by atoms with Gasteiger partial charge in [-0.05, 0) is 33.9 Å². The first kappa shape index (κ1) is 21.9. The van der Waals surface area contributed by atoms with Gasteiger partial charge in [0, 0.05) is 18.7 Å². The monoisotopic (exact) mass is 458 g/mol. The van der Waals surface area contributed by atoms with Crippen molar-refractivity contribution in [1.82, 2.24) is 10.3 Å². The molecule has 4 rings (SSSR count). The van der Waals surface area contributed by atoms with Gasteiger partial charge in [0.05, 0.1) is 5.56 Å². The molecule has 0 fully saturated rings. The van der Waals surface area contributed by atoms with Crippen LogP contribution in [0.1, 0.15) is 28.2 Å². The molecule has 1 heterocycles. The Hall–Kier alpha value is -3.32. The summed E-state index contributed by atoms with van der Waals surface area (Å²) in [6.07, 6.45) is -1.05. The molecule has 0 saturated carbocycles. The average molecular weight is 459 g/mol. The average Bonchev–Trinajstić information content (AvgIpc) is 3.09. The highest BCUT2D eigenvalue weighted by atomic mass is 35.5. The summed E-state index contributed by atoms with van der Waals surface area (Å²) in [4.78, 5) is 15.7. The molecule has 32 heavy (non-hydrogen) atoms. The van der Waals surface area contributed by atoms with Crippen molar-refractivity contribution in [3.63, 3.8) is 0 Å². The Bertz CT molecular complexity index is 1130. The molecule has 1 amide bonds. The van der Waals surface area contributed by atoms with Crippen molar-refractivity contribution in [2.45, 2.75) is 12.1 Å². The maximum absolute atomic E-state index is 12.9. The number of halogens is 4. The number of alkyl carbamates (subject to hydrolysis) is 1. The number of aromatic nitrogens is 1. The lowest BCUT2D eigenvalue weighted by atomic mass is 9.98. The van der Waals surface area contributed by atoms with Gasteiger partial charge in [0.1, 0.15) is 11.8 Å². The van der Waals surface area contributed by atoms with Gasteiger partial charge in [-0.15, -0.1) is 0 Å². The first-order valence-electron chi connectivity index (χ1n) is 9.82. The van der Waals surface area contributed by atoms with Crippen LogP contribution in [0, 0.1) is 0 Å². The van der Waals surface area contributed by atoms with Crippen molar-refractivity contribution in [1.29, 1.82) is 0 Å². The molecule has 1 aromatic heterocycles. The van der Waals surface area contributed by atoms with Gasteiger partial charge in [-0.2, -0.15) is 13.2 Å². The summed E-state index contributed by atoms with van der Waals surface area (Å²) in [5.41, 5.74) is 3.70. The molecule has 1 aliphatic carbocycles. The van der Waals surface area contributed by atoms with Crippen molar-refractivity contribution in [3.8, 4) is 11.1 Å². The van der Waals surface area contributed by atoms with Gasteiger partial charge in [0.15, 0.2) is 0 Å². The normalized spacial score (nSPS) is 13.1. The molecule has 0 atom stereocenters. The minimum atomic E-state index is -4.59. The second-order valence-electron chi connectivity index (χ2n) is 7.21. The second-order valence-corrected chi connectivity index (χ2v) is 7.57. The first-order valence-corrected chi connectivity index (χ1v) is 10.2. The molecule has 0 saturated heterocycles. The van der Waals surface area contributed by atoms with Gasteiger partial charge in [-0.25, -0.2) is 9.78 Å². The Labute approximate surface area is 187 Å². The van der Waals surface area contributed by atoms with Gasteiger partial charge >= 0.3 is 12.3 Å². The van der Waals surface area contributed by atoms with Crippen LogP contribution in [0.2, 0.25) is 5.15 Å². The summed E-state index contributed by atoms with van der Waals surface area (Å²) in [5, 5.41) is 1.96. The Morgan fingerprint density at radius 3 is 2.34 bits per heavy atom. The lowest BCUT2D eigenvalue weighted by Crippen LogP contribution is -2.26. The number of amides is 1. The first-order chi connectivity index (χ1) is 15.3. The van der Waals surface area contributed by atoms with Crippen LogP contribution in [-0.2, 0) is 10.9 Å². The van der Waals surface area contributed by atoms with E-state index in [1.165, 1.54) is 18.3 Å². The SMILES string of the molecule is O=C(NCC=Cc1cnc(Cl)c(C(F)(F)F)c1)OCC1c2ccccc2-c2ccccc21. The zero-order valence-electron chi connectivity index (χ0n) is 16.7. The predicted molar refractivity (Wildman–Crippen MR) is 116 cm³/mol. The zero-order valence-corrected chi connectivity index (χ0v) is 17.5. The maximum atomic E-state index is 12.9. The largest absolute Gasteiger partial charge is 0.449 e. The highest BCUT2D eigenvalue weighted by Crippen LogP contribution is 2.44. The van der Waals surface area contributed by atoms with Crippen LogP contribution in [0.3, 0.4) is 0 Å². The minimum absolute atomic E-state index is 0.0513. The molecule has 164 valence electrons. The number of fused-ring (bicyclic) bond motifs is 3. The Balaban J connectivity index is 1.33. The molecule has 1 N–H and O–H groups in total. The van der Waals surface area contributed by atoms with Crippen molar-refractivity contribution in [2.75, 3.05) is 13.2 Å². The van der Waals surface area contributed by atoms with E-state index in [-0.39, 0.29) is 24.6 Å². The third kappa shape index (κ3) is 4.62. The summed E-state index contributed by atoms with van der Waals surface area (Å²) in [5.74, 6) is -0.0513. The quantitative estimate of drug-likeness (QED) is 0.456. The van der Waals surface area contributed by atoms with Crippen LogP contribution in [0.4, 0.5) is 18.0 Å². The fourth-order valence-electron chi connectivity index (χ4n) is 3.74.